The van der Waals surface area contributed by atoms with Crippen molar-refractivity contribution in [1.82, 2.24) is 16.0 Å². The van der Waals surface area contributed by atoms with Crippen LogP contribution >= 0.6 is 0 Å². The van der Waals surface area contributed by atoms with Crippen molar-refractivity contribution in [1.29, 1.82) is 0 Å². The number of carbonyl (C=O) groups excluding carboxylic acids is 1. The van der Waals surface area contributed by atoms with Crippen molar-refractivity contribution in [3.8, 4) is 5.75 Å². The minimum Gasteiger partial charge on any atom is -0.534 e. The van der Waals surface area contributed by atoms with Crippen LogP contribution < -0.4 is 20.6 Å². The summed E-state index contributed by atoms with van der Waals surface area (Å²) in [7, 11) is -1.22. The van der Waals surface area contributed by atoms with E-state index in [1.54, 1.807) is 12.1 Å². The molecule has 32 heavy (non-hydrogen) atoms. The summed E-state index contributed by atoms with van der Waals surface area (Å²) in [6, 6.07) is 5.63. The molecule has 2 aliphatic heterocycles. The molecule has 6 N–H and O–H groups in total. The second-order valence-corrected chi connectivity index (χ2v) is 9.62. The van der Waals surface area contributed by atoms with Crippen LogP contribution in [0.15, 0.2) is 18.2 Å². The van der Waals surface area contributed by atoms with Crippen molar-refractivity contribution in [3.05, 3.63) is 29.3 Å². The average molecular weight is 445 g/mol. The van der Waals surface area contributed by atoms with E-state index < -0.39 is 19.3 Å². The minimum absolute atomic E-state index is 0.0643. The van der Waals surface area contributed by atoms with Crippen LogP contribution in [0.3, 0.4) is 0 Å². The lowest BCUT2D eigenvalue weighted by molar-refractivity contribution is -0.122. The maximum atomic E-state index is 12.6. The highest BCUT2D eigenvalue weighted by atomic mass is 16.5. The number of hydrogen-bond donors (Lipinski definition) is 6. The largest absolute Gasteiger partial charge is 0.547 e. The summed E-state index contributed by atoms with van der Waals surface area (Å²) < 4.78 is 5.53. The Hall–Kier alpha value is -1.65. The molecule has 1 atom stereocenters. The number of carbonyl (C=O) groups is 1. The highest BCUT2D eigenvalue weighted by Gasteiger charge is 2.38. The molecule has 2 fully saturated rings. The quantitative estimate of drug-likeness (QED) is 0.269. The molecular weight excluding hydrogens is 409 g/mol. The SMILES string of the molecule is O=C(C[C@H]1CC[C@H](NCC2CCNCC2)CC1)N[C@H]1Cc2cccc(C(O)O)c2OB1O. The number of fused-ring (bicyclic) bond motifs is 1. The van der Waals surface area contributed by atoms with Crippen LogP contribution in [0.25, 0.3) is 0 Å². The first-order valence-corrected chi connectivity index (χ1v) is 12.1. The molecule has 176 valence electrons. The Bertz CT molecular complexity index is 766. The smallest absolute Gasteiger partial charge is 0.534 e. The van der Waals surface area contributed by atoms with Gasteiger partial charge in [0, 0.05) is 18.0 Å². The molecule has 0 spiro atoms. The predicted octanol–water partition coefficient (Wildman–Crippen LogP) is 0.647. The normalized spacial score (nSPS) is 26.5. The van der Waals surface area contributed by atoms with Gasteiger partial charge in [-0.2, -0.15) is 0 Å². The zero-order chi connectivity index (χ0) is 22.5. The third kappa shape index (κ3) is 6.02. The number of rotatable bonds is 7. The third-order valence-corrected chi connectivity index (χ3v) is 7.25. The maximum absolute atomic E-state index is 12.6. The van der Waals surface area contributed by atoms with Gasteiger partial charge in [0.25, 0.3) is 0 Å². The highest BCUT2D eigenvalue weighted by Crippen LogP contribution is 2.33. The molecular formula is C23H36BN3O5. The zero-order valence-corrected chi connectivity index (χ0v) is 18.6. The Morgan fingerprint density at radius 2 is 1.88 bits per heavy atom. The van der Waals surface area contributed by atoms with E-state index in [9.17, 15) is 20.0 Å². The van der Waals surface area contributed by atoms with Crippen molar-refractivity contribution in [2.45, 2.75) is 69.6 Å². The van der Waals surface area contributed by atoms with E-state index in [-0.39, 0.29) is 17.2 Å². The van der Waals surface area contributed by atoms with Crippen LogP contribution in [-0.2, 0) is 11.2 Å². The summed E-state index contributed by atoms with van der Waals surface area (Å²) in [6.45, 7) is 3.36. The summed E-state index contributed by atoms with van der Waals surface area (Å²) in [4.78, 5) is 12.6. The van der Waals surface area contributed by atoms with Gasteiger partial charge in [0.2, 0.25) is 5.91 Å². The molecule has 9 heteroatoms. The number of aliphatic hydroxyl groups is 2. The van der Waals surface area contributed by atoms with Gasteiger partial charge in [-0.3, -0.25) is 4.79 Å². The number of amides is 1. The van der Waals surface area contributed by atoms with Crippen molar-refractivity contribution < 1.29 is 24.7 Å². The molecule has 0 radical (unpaired) electrons. The fourth-order valence-corrected chi connectivity index (χ4v) is 5.29. The van der Waals surface area contributed by atoms with Crippen LogP contribution in [0.1, 0.15) is 62.4 Å². The molecule has 0 aromatic heterocycles. The molecule has 1 amide bonds. The average Bonchev–Trinajstić information content (AvgIpc) is 2.79. The van der Waals surface area contributed by atoms with Gasteiger partial charge in [-0.1, -0.05) is 18.2 Å². The lowest BCUT2D eigenvalue weighted by Crippen LogP contribution is -2.53. The molecule has 1 aromatic carbocycles. The molecule has 1 aromatic rings. The first kappa shape index (κ1) is 23.5. The molecule has 1 saturated carbocycles. The Balaban J connectivity index is 1.20. The monoisotopic (exact) mass is 445 g/mol. The van der Waals surface area contributed by atoms with Gasteiger partial charge in [0.15, 0.2) is 6.29 Å². The summed E-state index contributed by atoms with van der Waals surface area (Å²) in [6.07, 6.45) is 5.99. The number of hydrogen-bond acceptors (Lipinski definition) is 7. The number of benzene rings is 1. The van der Waals surface area contributed by atoms with Gasteiger partial charge in [-0.05, 0) is 82.0 Å². The molecule has 0 bridgehead atoms. The van der Waals surface area contributed by atoms with E-state index in [1.165, 1.54) is 12.8 Å². The van der Waals surface area contributed by atoms with E-state index >= 15 is 0 Å². The van der Waals surface area contributed by atoms with Crippen LogP contribution in [-0.4, -0.2) is 59.9 Å². The Labute approximate surface area is 190 Å². The molecule has 3 aliphatic rings. The second-order valence-electron chi connectivity index (χ2n) is 9.62. The van der Waals surface area contributed by atoms with Crippen LogP contribution in [0.5, 0.6) is 5.75 Å². The predicted molar refractivity (Wildman–Crippen MR) is 122 cm³/mol. The highest BCUT2D eigenvalue weighted by molar-refractivity contribution is 6.46. The van der Waals surface area contributed by atoms with Gasteiger partial charge in [-0.15, -0.1) is 0 Å². The molecule has 8 nitrogen and oxygen atoms in total. The topological polar surface area (TPSA) is 123 Å². The van der Waals surface area contributed by atoms with Crippen molar-refractivity contribution >= 4 is 13.0 Å². The van der Waals surface area contributed by atoms with E-state index in [1.807, 2.05) is 6.07 Å². The first-order chi connectivity index (χ1) is 15.5. The molecule has 1 saturated heterocycles. The summed E-state index contributed by atoms with van der Waals surface area (Å²) in [5.41, 5.74) is 0.961. The van der Waals surface area contributed by atoms with Gasteiger partial charge in [-0.25, -0.2) is 0 Å². The fourth-order valence-electron chi connectivity index (χ4n) is 5.29. The van der Waals surface area contributed by atoms with E-state index in [0.717, 1.165) is 56.8 Å². The lowest BCUT2D eigenvalue weighted by atomic mass is 9.72. The molecule has 4 rings (SSSR count). The lowest BCUT2D eigenvalue weighted by Gasteiger charge is -2.32. The molecule has 1 aliphatic carbocycles. The third-order valence-electron chi connectivity index (χ3n) is 7.25. The Kier molecular flexibility index (Phi) is 8.07. The summed E-state index contributed by atoms with van der Waals surface area (Å²) in [5.74, 6) is 0.827. The van der Waals surface area contributed by atoms with E-state index in [0.29, 0.717) is 24.8 Å². The van der Waals surface area contributed by atoms with Crippen LogP contribution in [0.2, 0.25) is 0 Å². The number of aliphatic hydroxyl groups excluding tert-OH is 1. The Morgan fingerprint density at radius 3 is 2.59 bits per heavy atom. The first-order valence-electron chi connectivity index (χ1n) is 12.1. The number of para-hydroxylation sites is 1. The standard InChI is InChI=1S/C23H36BN3O5/c28-21(12-15-4-6-18(7-5-15)26-14-16-8-10-25-11-9-16)27-20-13-17-2-1-3-19(23(29)30)22(17)32-24(20)31/h1-3,15-16,18,20,23,25-26,29-31H,4-14H2,(H,27,28)/t15-,18-,20-/m0/s1. The molecule has 0 unspecified atom stereocenters. The van der Waals surface area contributed by atoms with Crippen molar-refractivity contribution in [3.63, 3.8) is 0 Å². The van der Waals surface area contributed by atoms with Gasteiger partial charge in [0.1, 0.15) is 5.75 Å². The van der Waals surface area contributed by atoms with E-state index in [2.05, 4.69) is 16.0 Å². The maximum Gasteiger partial charge on any atom is 0.547 e. The number of nitrogens with one attached hydrogen (secondary N) is 3. The summed E-state index contributed by atoms with van der Waals surface area (Å²) >= 11 is 0. The molecule has 2 heterocycles. The number of piperidine rings is 1. The second kappa shape index (κ2) is 11.0. The summed E-state index contributed by atoms with van der Waals surface area (Å²) in [5, 5.41) is 39.4. The Morgan fingerprint density at radius 1 is 1.12 bits per heavy atom. The zero-order valence-electron chi connectivity index (χ0n) is 18.6. The van der Waals surface area contributed by atoms with Crippen molar-refractivity contribution in [2.75, 3.05) is 19.6 Å². The van der Waals surface area contributed by atoms with Crippen molar-refractivity contribution in [2.24, 2.45) is 11.8 Å². The fraction of sp³-hybridized carbons (Fsp3) is 0.696. The van der Waals surface area contributed by atoms with Crippen LogP contribution in [0, 0.1) is 11.8 Å². The minimum atomic E-state index is -1.67. The van der Waals surface area contributed by atoms with Gasteiger partial charge < -0.3 is 35.8 Å². The van der Waals surface area contributed by atoms with Gasteiger partial charge in [0.05, 0.1) is 5.94 Å². The van der Waals surface area contributed by atoms with E-state index in [4.69, 9.17) is 4.65 Å². The van der Waals surface area contributed by atoms with Crippen LogP contribution in [0.4, 0.5) is 0 Å². The van der Waals surface area contributed by atoms with Gasteiger partial charge >= 0.3 is 7.12 Å².